The van der Waals surface area contributed by atoms with Crippen molar-refractivity contribution in [1.82, 2.24) is 10.2 Å². The summed E-state index contributed by atoms with van der Waals surface area (Å²) in [6, 6.07) is 0.0621. The summed E-state index contributed by atoms with van der Waals surface area (Å²) in [6.45, 7) is 6.75. The number of likely N-dealkylation sites (tertiary alicyclic amines) is 1. The average Bonchev–Trinajstić information content (AvgIpc) is 2.59. The number of nitrogens with one attached hydrogen (secondary N) is 1. The van der Waals surface area contributed by atoms with Crippen molar-refractivity contribution in [3.05, 3.63) is 0 Å². The van der Waals surface area contributed by atoms with Crippen LogP contribution < -0.4 is 5.32 Å². The van der Waals surface area contributed by atoms with Gasteiger partial charge in [0.1, 0.15) is 0 Å². The van der Waals surface area contributed by atoms with Gasteiger partial charge in [-0.25, -0.2) is 0 Å². The van der Waals surface area contributed by atoms with E-state index in [-0.39, 0.29) is 17.9 Å². The molecular weight excluding hydrogens is 216 g/mol. The molecule has 1 N–H and O–H groups in total. The van der Waals surface area contributed by atoms with Gasteiger partial charge in [0.05, 0.1) is 12.5 Å². The molecule has 0 aromatic carbocycles. The number of amides is 2. The number of hydrogen-bond donors (Lipinski definition) is 1. The van der Waals surface area contributed by atoms with Crippen LogP contribution in [0.15, 0.2) is 0 Å². The molecule has 1 heterocycles. The number of imide groups is 1. The third-order valence-corrected chi connectivity index (χ3v) is 4.13. The molecule has 2 rings (SSSR count). The van der Waals surface area contributed by atoms with Gasteiger partial charge in [-0.3, -0.25) is 14.5 Å². The quantitative estimate of drug-likeness (QED) is 0.734. The monoisotopic (exact) mass is 238 g/mol. The minimum absolute atomic E-state index is 0.0718. The molecule has 2 amide bonds. The minimum Gasteiger partial charge on any atom is -0.302 e. The summed E-state index contributed by atoms with van der Waals surface area (Å²) < 4.78 is 0. The Hall–Kier alpha value is -0.900. The predicted molar refractivity (Wildman–Crippen MR) is 65.3 cm³/mol. The Labute approximate surface area is 103 Å². The maximum Gasteiger partial charge on any atom is 0.246 e. The highest BCUT2D eigenvalue weighted by atomic mass is 16.2. The van der Waals surface area contributed by atoms with E-state index in [2.05, 4.69) is 26.1 Å². The van der Waals surface area contributed by atoms with Crippen molar-refractivity contribution in [2.75, 3.05) is 7.05 Å². The number of nitrogens with zero attached hydrogens (tertiary/aromatic N) is 1. The summed E-state index contributed by atoms with van der Waals surface area (Å²) in [5, 5.41) is 3.38. The van der Waals surface area contributed by atoms with Crippen molar-refractivity contribution in [2.24, 2.45) is 11.3 Å². The molecule has 2 aliphatic rings. The zero-order valence-corrected chi connectivity index (χ0v) is 11.1. The van der Waals surface area contributed by atoms with Gasteiger partial charge in [-0.05, 0) is 24.2 Å². The van der Waals surface area contributed by atoms with E-state index in [0.717, 1.165) is 6.42 Å². The fourth-order valence-electron chi connectivity index (χ4n) is 3.26. The Morgan fingerprint density at radius 2 is 1.94 bits per heavy atom. The van der Waals surface area contributed by atoms with Gasteiger partial charge in [-0.1, -0.05) is 20.8 Å². The van der Waals surface area contributed by atoms with Gasteiger partial charge in [-0.15, -0.1) is 0 Å². The van der Waals surface area contributed by atoms with Crippen LogP contribution >= 0.6 is 0 Å². The average molecular weight is 238 g/mol. The van der Waals surface area contributed by atoms with Crippen LogP contribution in [0.3, 0.4) is 0 Å². The summed E-state index contributed by atoms with van der Waals surface area (Å²) in [5.41, 5.74) is 0.342. The van der Waals surface area contributed by atoms with Gasteiger partial charge in [0.25, 0.3) is 0 Å². The van der Waals surface area contributed by atoms with Gasteiger partial charge < -0.3 is 5.32 Å². The first-order chi connectivity index (χ1) is 7.80. The van der Waals surface area contributed by atoms with Crippen LogP contribution in [0.1, 0.15) is 40.0 Å². The molecule has 3 atom stereocenters. The second kappa shape index (κ2) is 4.09. The Bertz CT molecular complexity index is 351. The highest BCUT2D eigenvalue weighted by Crippen LogP contribution is 2.41. The molecule has 1 aliphatic carbocycles. The first kappa shape index (κ1) is 12.6. The van der Waals surface area contributed by atoms with E-state index >= 15 is 0 Å². The zero-order chi connectivity index (χ0) is 12.8. The van der Waals surface area contributed by atoms with Crippen molar-refractivity contribution in [3.8, 4) is 0 Å². The molecule has 0 radical (unpaired) electrons. The fraction of sp³-hybridized carbons (Fsp3) is 0.846. The highest BCUT2D eigenvalue weighted by molar-refractivity contribution is 6.05. The summed E-state index contributed by atoms with van der Waals surface area (Å²) >= 11 is 0. The van der Waals surface area contributed by atoms with Gasteiger partial charge in [-0.2, -0.15) is 0 Å². The first-order valence-electron chi connectivity index (χ1n) is 6.36. The Balaban J connectivity index is 1.99. The molecule has 1 saturated carbocycles. The summed E-state index contributed by atoms with van der Waals surface area (Å²) in [4.78, 5) is 24.5. The number of hydrogen-bond acceptors (Lipinski definition) is 3. The normalized spacial score (nSPS) is 36.9. The smallest absolute Gasteiger partial charge is 0.246 e. The number of carbonyl (C=O) groups excluding carboxylic acids is 2. The van der Waals surface area contributed by atoms with Gasteiger partial charge in [0.15, 0.2) is 0 Å². The third-order valence-electron chi connectivity index (χ3n) is 4.13. The van der Waals surface area contributed by atoms with Gasteiger partial charge in [0.2, 0.25) is 11.8 Å². The van der Waals surface area contributed by atoms with Crippen LogP contribution in [0.25, 0.3) is 0 Å². The van der Waals surface area contributed by atoms with Crippen molar-refractivity contribution in [2.45, 2.75) is 52.1 Å². The third kappa shape index (κ3) is 2.37. The largest absolute Gasteiger partial charge is 0.302 e. The fourth-order valence-corrected chi connectivity index (χ4v) is 3.26. The van der Waals surface area contributed by atoms with Crippen molar-refractivity contribution in [3.63, 3.8) is 0 Å². The topological polar surface area (TPSA) is 49.4 Å². The van der Waals surface area contributed by atoms with Gasteiger partial charge in [0, 0.05) is 13.1 Å². The SMILES string of the molecule is CC1CC(C)(C)CC1NC1CC(=O)N(C)C1=O. The molecular formula is C13H22N2O2. The van der Waals surface area contributed by atoms with E-state index < -0.39 is 0 Å². The van der Waals surface area contributed by atoms with Crippen molar-refractivity contribution in [1.29, 1.82) is 0 Å². The molecule has 0 bridgehead atoms. The standard InChI is InChI=1S/C13H22N2O2/c1-8-6-13(2,3)7-10(8)14-9-5-11(16)15(4)12(9)17/h8-10,14H,5-7H2,1-4H3. The molecule has 1 saturated heterocycles. The molecule has 2 fully saturated rings. The van der Waals surface area contributed by atoms with E-state index in [9.17, 15) is 9.59 Å². The lowest BCUT2D eigenvalue weighted by molar-refractivity contribution is -0.137. The highest BCUT2D eigenvalue weighted by Gasteiger charge is 2.42. The second-order valence-electron chi connectivity index (χ2n) is 6.37. The maximum absolute atomic E-state index is 11.8. The van der Waals surface area contributed by atoms with E-state index in [1.54, 1.807) is 7.05 Å². The Morgan fingerprint density at radius 1 is 1.29 bits per heavy atom. The molecule has 4 heteroatoms. The summed E-state index contributed by atoms with van der Waals surface area (Å²) in [6.07, 6.45) is 2.57. The van der Waals surface area contributed by atoms with Crippen molar-refractivity contribution >= 4 is 11.8 Å². The first-order valence-corrected chi connectivity index (χ1v) is 6.36. The molecule has 4 nitrogen and oxygen atoms in total. The maximum atomic E-state index is 11.8. The van der Waals surface area contributed by atoms with E-state index in [1.165, 1.54) is 11.3 Å². The lowest BCUT2D eigenvalue weighted by Gasteiger charge is -2.21. The molecule has 0 spiro atoms. The van der Waals surface area contributed by atoms with Crippen LogP contribution in [0, 0.1) is 11.3 Å². The Morgan fingerprint density at radius 3 is 2.35 bits per heavy atom. The number of carbonyl (C=O) groups is 2. The lowest BCUT2D eigenvalue weighted by atomic mass is 9.91. The van der Waals surface area contributed by atoms with Crippen LogP contribution in [0.2, 0.25) is 0 Å². The molecule has 1 aliphatic heterocycles. The predicted octanol–water partition coefficient (Wildman–Crippen LogP) is 1.16. The number of rotatable bonds is 2. The summed E-state index contributed by atoms with van der Waals surface area (Å²) in [7, 11) is 1.56. The van der Waals surface area contributed by atoms with E-state index in [4.69, 9.17) is 0 Å². The molecule has 17 heavy (non-hydrogen) atoms. The molecule has 3 unspecified atom stereocenters. The summed E-state index contributed by atoms with van der Waals surface area (Å²) in [5.74, 6) is 0.420. The molecule has 0 aromatic heterocycles. The Kier molecular flexibility index (Phi) is 3.02. The number of likely N-dealkylation sites (N-methyl/N-ethyl adjacent to an activating group) is 1. The lowest BCUT2D eigenvalue weighted by Crippen LogP contribution is -2.44. The molecule has 96 valence electrons. The van der Waals surface area contributed by atoms with Crippen LogP contribution in [-0.2, 0) is 9.59 Å². The van der Waals surface area contributed by atoms with Crippen LogP contribution in [0.5, 0.6) is 0 Å². The van der Waals surface area contributed by atoms with E-state index in [1.807, 2.05) is 0 Å². The van der Waals surface area contributed by atoms with Crippen LogP contribution in [-0.4, -0.2) is 35.8 Å². The second-order valence-corrected chi connectivity index (χ2v) is 6.37. The van der Waals surface area contributed by atoms with Crippen LogP contribution in [0.4, 0.5) is 0 Å². The minimum atomic E-state index is -0.297. The zero-order valence-electron chi connectivity index (χ0n) is 11.1. The van der Waals surface area contributed by atoms with Gasteiger partial charge >= 0.3 is 0 Å². The molecule has 0 aromatic rings. The van der Waals surface area contributed by atoms with Crippen molar-refractivity contribution < 1.29 is 9.59 Å². The van der Waals surface area contributed by atoms with E-state index in [0.29, 0.717) is 23.8 Å².